The standard InChI is InChI=1S/C17H18F2N3O4P/c1-9-2-3-13(12(18)6-9)21-15-11(17(24)22-26-5-4-23)7-10(8-20-25)16(27)14(15)19/h2-3,6-8,21,23,25H,4-5,27H2,1H3,(H,22,24)/b20-8+. The highest BCUT2D eigenvalue weighted by Crippen LogP contribution is 2.28. The Morgan fingerprint density at radius 1 is 1.37 bits per heavy atom. The Morgan fingerprint density at radius 2 is 2.11 bits per heavy atom. The number of aryl methyl sites for hydroxylation is 1. The highest BCUT2D eigenvalue weighted by Gasteiger charge is 2.21. The number of halogens is 2. The third kappa shape index (κ3) is 4.97. The van der Waals surface area contributed by atoms with Crippen LogP contribution in [0.4, 0.5) is 20.2 Å². The van der Waals surface area contributed by atoms with Gasteiger partial charge in [0.15, 0.2) is 5.82 Å². The number of carbonyl (C=O) groups excluding carboxylic acids is 1. The third-order valence-corrected chi connectivity index (χ3v) is 4.11. The summed E-state index contributed by atoms with van der Waals surface area (Å²) >= 11 is 0. The van der Waals surface area contributed by atoms with Gasteiger partial charge in [-0.15, -0.1) is 9.24 Å². The molecule has 2 aromatic rings. The van der Waals surface area contributed by atoms with Crippen LogP contribution >= 0.6 is 9.24 Å². The Hall–Kier alpha value is -2.61. The maximum atomic E-state index is 14.9. The van der Waals surface area contributed by atoms with Gasteiger partial charge in [-0.1, -0.05) is 11.2 Å². The van der Waals surface area contributed by atoms with Gasteiger partial charge in [-0.05, 0) is 30.7 Å². The molecule has 0 aliphatic rings. The van der Waals surface area contributed by atoms with Crippen LogP contribution in [0.15, 0.2) is 29.4 Å². The van der Waals surface area contributed by atoms with Crippen molar-refractivity contribution in [2.45, 2.75) is 6.92 Å². The van der Waals surface area contributed by atoms with E-state index in [4.69, 9.17) is 15.2 Å². The summed E-state index contributed by atoms with van der Waals surface area (Å²) in [6.07, 6.45) is 0.951. The van der Waals surface area contributed by atoms with Crippen LogP contribution in [0.25, 0.3) is 0 Å². The molecule has 1 amide bonds. The van der Waals surface area contributed by atoms with Crippen molar-refractivity contribution in [1.82, 2.24) is 5.48 Å². The quantitative estimate of drug-likeness (QED) is 0.188. The summed E-state index contributed by atoms with van der Waals surface area (Å²) in [5.74, 6) is -2.32. The van der Waals surface area contributed by atoms with E-state index in [1.165, 1.54) is 18.2 Å². The molecule has 0 aromatic heterocycles. The van der Waals surface area contributed by atoms with Gasteiger partial charge in [0.1, 0.15) is 5.82 Å². The van der Waals surface area contributed by atoms with Crippen LogP contribution in [0.5, 0.6) is 0 Å². The second-order valence-corrected chi connectivity index (χ2v) is 6.05. The molecule has 0 aliphatic heterocycles. The molecule has 0 radical (unpaired) electrons. The SMILES string of the molecule is Cc1ccc(Nc2c(C(=O)NOCCO)cc(/C=N/O)c(P)c2F)c(F)c1. The van der Waals surface area contributed by atoms with E-state index in [-0.39, 0.29) is 41.0 Å². The van der Waals surface area contributed by atoms with Gasteiger partial charge in [0, 0.05) is 10.9 Å². The second-order valence-electron chi connectivity index (χ2n) is 5.47. The lowest BCUT2D eigenvalue weighted by atomic mass is 10.1. The molecule has 7 nitrogen and oxygen atoms in total. The third-order valence-electron chi connectivity index (χ3n) is 3.52. The molecular formula is C17H18F2N3O4P. The van der Waals surface area contributed by atoms with E-state index in [9.17, 15) is 13.6 Å². The number of anilines is 2. The molecule has 0 fully saturated rings. The molecule has 1 unspecified atom stereocenters. The number of hydrogen-bond donors (Lipinski definition) is 4. The molecule has 0 aliphatic carbocycles. The number of oxime groups is 1. The molecule has 0 saturated heterocycles. The Balaban J connectivity index is 2.52. The minimum absolute atomic E-state index is 0.00986. The Labute approximate surface area is 156 Å². The van der Waals surface area contributed by atoms with E-state index in [0.717, 1.165) is 6.21 Å². The number of aliphatic hydroxyl groups is 1. The minimum atomic E-state index is -0.857. The van der Waals surface area contributed by atoms with Gasteiger partial charge in [0.2, 0.25) is 0 Å². The lowest BCUT2D eigenvalue weighted by molar-refractivity contribution is 0.0168. The number of hydroxylamine groups is 1. The Kier molecular flexibility index (Phi) is 7.18. The summed E-state index contributed by atoms with van der Waals surface area (Å²) < 4.78 is 29.0. The molecule has 2 aromatic carbocycles. The number of amides is 1. The topological polar surface area (TPSA) is 103 Å². The fourth-order valence-electron chi connectivity index (χ4n) is 2.23. The van der Waals surface area contributed by atoms with Gasteiger partial charge >= 0.3 is 0 Å². The van der Waals surface area contributed by atoms with E-state index in [0.29, 0.717) is 5.56 Å². The monoisotopic (exact) mass is 397 g/mol. The zero-order valence-electron chi connectivity index (χ0n) is 14.3. The number of hydrogen-bond acceptors (Lipinski definition) is 6. The van der Waals surface area contributed by atoms with Crippen molar-refractivity contribution in [3.8, 4) is 0 Å². The van der Waals surface area contributed by atoms with E-state index in [1.807, 2.05) is 0 Å². The van der Waals surface area contributed by atoms with Crippen LogP contribution in [-0.2, 0) is 4.84 Å². The molecule has 2 rings (SSSR count). The molecule has 0 saturated carbocycles. The van der Waals surface area contributed by atoms with Crippen LogP contribution in [0, 0.1) is 18.6 Å². The van der Waals surface area contributed by atoms with Crippen molar-refractivity contribution in [3.05, 3.63) is 52.6 Å². The molecule has 10 heteroatoms. The Morgan fingerprint density at radius 3 is 2.74 bits per heavy atom. The Bertz CT molecular complexity index is 878. The summed E-state index contributed by atoms with van der Waals surface area (Å²) in [6.45, 7) is 1.20. The van der Waals surface area contributed by atoms with Crippen molar-refractivity contribution in [2.75, 3.05) is 18.5 Å². The summed E-state index contributed by atoms with van der Waals surface area (Å²) in [7, 11) is 2.13. The van der Waals surface area contributed by atoms with E-state index < -0.39 is 17.5 Å². The summed E-state index contributed by atoms with van der Waals surface area (Å²) in [5.41, 5.74) is 2.31. The van der Waals surface area contributed by atoms with Gasteiger partial charge in [-0.25, -0.2) is 14.3 Å². The van der Waals surface area contributed by atoms with E-state index in [2.05, 4.69) is 25.2 Å². The van der Waals surface area contributed by atoms with E-state index >= 15 is 0 Å². The number of aliphatic hydroxyl groups excluding tert-OH is 1. The zero-order chi connectivity index (χ0) is 20.0. The van der Waals surface area contributed by atoms with Gasteiger partial charge in [-0.3, -0.25) is 9.63 Å². The fourth-order valence-corrected chi connectivity index (χ4v) is 2.53. The highest BCUT2D eigenvalue weighted by atomic mass is 31.0. The summed E-state index contributed by atoms with van der Waals surface area (Å²) in [4.78, 5) is 17.1. The van der Waals surface area contributed by atoms with Gasteiger partial charge in [0.25, 0.3) is 5.91 Å². The number of carbonyl (C=O) groups is 1. The van der Waals surface area contributed by atoms with Crippen LogP contribution in [0.3, 0.4) is 0 Å². The first kappa shape index (κ1) is 20.7. The molecule has 144 valence electrons. The smallest absolute Gasteiger partial charge is 0.277 e. The molecule has 4 N–H and O–H groups in total. The first-order chi connectivity index (χ1) is 12.9. The van der Waals surface area contributed by atoms with Crippen molar-refractivity contribution < 1.29 is 28.7 Å². The van der Waals surface area contributed by atoms with Crippen LogP contribution < -0.4 is 16.1 Å². The first-order valence-electron chi connectivity index (χ1n) is 7.74. The number of nitrogens with zero attached hydrogens (tertiary/aromatic N) is 1. The predicted octanol–water partition coefficient (Wildman–Crippen LogP) is 1.98. The highest BCUT2D eigenvalue weighted by molar-refractivity contribution is 7.27. The van der Waals surface area contributed by atoms with Crippen molar-refractivity contribution in [1.29, 1.82) is 0 Å². The van der Waals surface area contributed by atoms with Crippen molar-refractivity contribution in [3.63, 3.8) is 0 Å². The van der Waals surface area contributed by atoms with Crippen molar-refractivity contribution in [2.24, 2.45) is 5.16 Å². The molecule has 0 bridgehead atoms. The minimum Gasteiger partial charge on any atom is -0.411 e. The molecule has 1 atom stereocenters. The average Bonchev–Trinajstić information content (AvgIpc) is 2.63. The van der Waals surface area contributed by atoms with Crippen LogP contribution in [0.2, 0.25) is 0 Å². The maximum Gasteiger partial charge on any atom is 0.277 e. The second kappa shape index (κ2) is 9.36. The molecule has 0 spiro atoms. The molecule has 0 heterocycles. The lowest BCUT2D eigenvalue weighted by Crippen LogP contribution is -2.27. The summed E-state index contributed by atoms with van der Waals surface area (Å²) in [5, 5.41) is 22.9. The number of nitrogens with one attached hydrogen (secondary N) is 2. The summed E-state index contributed by atoms with van der Waals surface area (Å²) in [6, 6.07) is 5.55. The maximum absolute atomic E-state index is 14.9. The van der Waals surface area contributed by atoms with Gasteiger partial charge < -0.3 is 15.6 Å². The molecular weight excluding hydrogens is 379 g/mol. The van der Waals surface area contributed by atoms with Gasteiger partial charge in [0.05, 0.1) is 36.4 Å². The fraction of sp³-hybridized carbons (Fsp3) is 0.176. The van der Waals surface area contributed by atoms with E-state index in [1.54, 1.807) is 13.0 Å². The zero-order valence-corrected chi connectivity index (χ0v) is 15.4. The normalized spacial score (nSPS) is 11.0. The van der Waals surface area contributed by atoms with Crippen LogP contribution in [0.1, 0.15) is 21.5 Å². The lowest BCUT2D eigenvalue weighted by Gasteiger charge is -2.16. The number of rotatable bonds is 7. The largest absolute Gasteiger partial charge is 0.411 e. The van der Waals surface area contributed by atoms with Gasteiger partial charge in [-0.2, -0.15) is 0 Å². The molecule has 27 heavy (non-hydrogen) atoms. The first-order valence-corrected chi connectivity index (χ1v) is 8.32. The van der Waals surface area contributed by atoms with Crippen LogP contribution in [-0.4, -0.2) is 35.6 Å². The predicted molar refractivity (Wildman–Crippen MR) is 100 cm³/mol. The number of benzene rings is 2. The average molecular weight is 397 g/mol. The van der Waals surface area contributed by atoms with Crippen molar-refractivity contribution >= 4 is 38.0 Å².